The lowest BCUT2D eigenvalue weighted by Crippen LogP contribution is -2.72. The fraction of sp³-hybridized carbons (Fsp3) is 0.533. The van der Waals surface area contributed by atoms with Crippen LogP contribution in [-0.4, -0.2) is 71.1 Å². The minimum atomic E-state index is -0.528. The molecule has 3 heterocycles. The maximum Gasteiger partial charge on any atom is 0.163 e. The van der Waals surface area contributed by atoms with Crippen LogP contribution in [0.25, 0.3) is 17.0 Å². The molecule has 1 atom stereocenters. The highest BCUT2D eigenvalue weighted by atomic mass is 35.5. The standard InChI is InChI=1S/C30H39ClN6O2/c1-6-8-22(38)14-39-23-9-10-25(31)24(13-23)28-34-27(26(19(2)3)21(5)33)20(4)29(35-28)37-17-30(18-37)15-36(16-30)12-7-11-32/h9-10,13,22,33,38H,6-8,12,14-18H2,1-5H3/t22-/m1/s1. The molecule has 1 spiro atoms. The van der Waals surface area contributed by atoms with Gasteiger partial charge in [-0.2, -0.15) is 5.26 Å². The molecular formula is C30H39ClN6O2. The van der Waals surface area contributed by atoms with Gasteiger partial charge in [-0.25, -0.2) is 9.97 Å². The van der Waals surface area contributed by atoms with E-state index in [9.17, 15) is 5.11 Å². The molecule has 2 N–H and O–H groups in total. The number of nitrogens with one attached hydrogen (secondary N) is 1. The highest BCUT2D eigenvalue weighted by Gasteiger charge is 2.52. The van der Waals surface area contributed by atoms with Crippen molar-refractivity contribution in [3.63, 3.8) is 0 Å². The zero-order chi connectivity index (χ0) is 28.3. The average molecular weight is 551 g/mol. The fourth-order valence-corrected chi connectivity index (χ4v) is 5.92. The summed E-state index contributed by atoms with van der Waals surface area (Å²) in [6.07, 6.45) is 1.59. The van der Waals surface area contributed by atoms with E-state index in [-0.39, 0.29) is 12.0 Å². The number of anilines is 1. The van der Waals surface area contributed by atoms with Gasteiger partial charge in [-0.05, 0) is 52.3 Å². The third-order valence-electron chi connectivity index (χ3n) is 7.48. The number of hydrogen-bond donors (Lipinski definition) is 2. The number of benzene rings is 1. The van der Waals surface area contributed by atoms with Gasteiger partial charge in [0.05, 0.1) is 22.9 Å². The summed E-state index contributed by atoms with van der Waals surface area (Å²) in [6, 6.07) is 7.62. The SMILES string of the molecule is CCC[C@@H](O)COc1ccc(Cl)c(-c2nc(C(C(C)=N)=C(C)C)c(C)c(N3CC4(CN(CCC#N)C4)C3)n2)c1. The summed E-state index contributed by atoms with van der Waals surface area (Å²) in [5, 5.41) is 28.0. The first-order chi connectivity index (χ1) is 18.6. The van der Waals surface area contributed by atoms with Gasteiger partial charge in [0, 0.05) is 67.0 Å². The van der Waals surface area contributed by atoms with E-state index >= 15 is 0 Å². The lowest BCUT2D eigenvalue weighted by molar-refractivity contribution is -0.0204. The summed E-state index contributed by atoms with van der Waals surface area (Å²) in [5.74, 6) is 1.94. The molecule has 8 nitrogen and oxygen atoms in total. The minimum absolute atomic E-state index is 0.205. The monoisotopic (exact) mass is 550 g/mol. The molecule has 39 heavy (non-hydrogen) atoms. The van der Waals surface area contributed by atoms with Crippen molar-refractivity contribution in [1.82, 2.24) is 14.9 Å². The quantitative estimate of drug-likeness (QED) is 0.355. The minimum Gasteiger partial charge on any atom is -0.491 e. The summed E-state index contributed by atoms with van der Waals surface area (Å²) in [5.41, 5.74) is 4.87. The molecule has 4 rings (SSSR count). The van der Waals surface area contributed by atoms with Crippen LogP contribution in [0.3, 0.4) is 0 Å². The number of allylic oxidation sites excluding steroid dienone is 2. The van der Waals surface area contributed by atoms with Crippen LogP contribution >= 0.6 is 11.6 Å². The van der Waals surface area contributed by atoms with E-state index in [1.165, 1.54) is 0 Å². The number of likely N-dealkylation sites (tertiary alicyclic amines) is 1. The predicted octanol–water partition coefficient (Wildman–Crippen LogP) is 5.51. The van der Waals surface area contributed by atoms with Crippen molar-refractivity contribution < 1.29 is 9.84 Å². The summed E-state index contributed by atoms with van der Waals surface area (Å²) >= 11 is 6.67. The number of aliphatic hydroxyl groups is 1. The second-order valence-electron chi connectivity index (χ2n) is 11.2. The topological polar surface area (TPSA) is 109 Å². The van der Waals surface area contributed by atoms with Gasteiger partial charge < -0.3 is 25.1 Å². The van der Waals surface area contributed by atoms with Gasteiger partial charge in [0.1, 0.15) is 18.2 Å². The first-order valence-electron chi connectivity index (χ1n) is 13.6. The number of rotatable bonds is 11. The van der Waals surface area contributed by atoms with Crippen LogP contribution < -0.4 is 9.64 Å². The third-order valence-corrected chi connectivity index (χ3v) is 7.81. The van der Waals surface area contributed by atoms with Crippen LogP contribution in [-0.2, 0) is 0 Å². The Morgan fingerprint density at radius 3 is 2.56 bits per heavy atom. The molecule has 2 aliphatic rings. The van der Waals surface area contributed by atoms with Gasteiger partial charge in [-0.1, -0.05) is 30.5 Å². The Morgan fingerprint density at radius 2 is 1.95 bits per heavy atom. The Labute approximate surface area is 236 Å². The summed E-state index contributed by atoms with van der Waals surface area (Å²) in [4.78, 5) is 14.6. The number of nitriles is 1. The van der Waals surface area contributed by atoms with Gasteiger partial charge in [0.2, 0.25) is 0 Å². The molecule has 0 bridgehead atoms. The molecule has 2 aromatic rings. The van der Waals surface area contributed by atoms with Crippen LogP contribution in [0, 0.1) is 29.1 Å². The Bertz CT molecular complexity index is 1300. The molecule has 2 aliphatic heterocycles. The average Bonchev–Trinajstić information content (AvgIpc) is 2.83. The van der Waals surface area contributed by atoms with Gasteiger partial charge in [-0.15, -0.1) is 0 Å². The van der Waals surface area contributed by atoms with E-state index in [1.807, 2.05) is 33.8 Å². The van der Waals surface area contributed by atoms with Gasteiger partial charge in [0.15, 0.2) is 5.82 Å². The molecule has 0 unspecified atom stereocenters. The van der Waals surface area contributed by atoms with Crippen LogP contribution in [0.4, 0.5) is 5.82 Å². The van der Waals surface area contributed by atoms with E-state index < -0.39 is 6.10 Å². The van der Waals surface area contributed by atoms with Crippen molar-refractivity contribution >= 4 is 28.7 Å². The Morgan fingerprint density at radius 1 is 1.23 bits per heavy atom. The van der Waals surface area contributed by atoms with Crippen molar-refractivity contribution in [3.8, 4) is 23.2 Å². The van der Waals surface area contributed by atoms with Crippen molar-refractivity contribution in [1.29, 1.82) is 10.7 Å². The van der Waals surface area contributed by atoms with E-state index in [1.54, 1.807) is 19.1 Å². The second kappa shape index (κ2) is 12.0. The number of aliphatic hydroxyl groups excluding tert-OH is 1. The van der Waals surface area contributed by atoms with Gasteiger partial charge in [-0.3, -0.25) is 0 Å². The molecule has 0 aliphatic carbocycles. The third kappa shape index (κ3) is 6.27. The van der Waals surface area contributed by atoms with Gasteiger partial charge in [0.25, 0.3) is 0 Å². The van der Waals surface area contributed by atoms with Crippen LogP contribution in [0.15, 0.2) is 23.8 Å². The largest absolute Gasteiger partial charge is 0.491 e. The van der Waals surface area contributed by atoms with Gasteiger partial charge >= 0.3 is 0 Å². The maximum atomic E-state index is 10.1. The Balaban J connectivity index is 1.68. The number of nitrogens with zero attached hydrogens (tertiary/aromatic N) is 5. The fourth-order valence-electron chi connectivity index (χ4n) is 5.72. The van der Waals surface area contributed by atoms with Crippen molar-refractivity contribution in [2.75, 3.05) is 44.2 Å². The lowest BCUT2D eigenvalue weighted by Gasteiger charge is -2.61. The van der Waals surface area contributed by atoms with Crippen molar-refractivity contribution in [2.45, 2.75) is 60.0 Å². The van der Waals surface area contributed by atoms with Crippen LogP contribution in [0.1, 0.15) is 58.2 Å². The van der Waals surface area contributed by atoms with E-state index in [4.69, 9.17) is 37.0 Å². The maximum absolute atomic E-state index is 10.1. The van der Waals surface area contributed by atoms with Crippen LogP contribution in [0.2, 0.25) is 5.02 Å². The lowest BCUT2D eigenvalue weighted by atomic mass is 9.72. The molecule has 2 fully saturated rings. The first kappa shape index (κ1) is 29.0. The number of hydrogen-bond acceptors (Lipinski definition) is 8. The van der Waals surface area contributed by atoms with E-state index in [0.717, 1.165) is 67.4 Å². The van der Waals surface area contributed by atoms with E-state index in [0.29, 0.717) is 40.7 Å². The molecular weight excluding hydrogens is 512 g/mol. The smallest absolute Gasteiger partial charge is 0.163 e. The number of aromatic nitrogens is 2. The first-order valence-corrected chi connectivity index (χ1v) is 14.0. The van der Waals surface area contributed by atoms with E-state index in [2.05, 4.69) is 15.9 Å². The number of halogens is 1. The molecule has 1 aromatic carbocycles. The predicted molar refractivity (Wildman–Crippen MR) is 157 cm³/mol. The second-order valence-corrected chi connectivity index (χ2v) is 11.6. The zero-order valence-electron chi connectivity index (χ0n) is 23.6. The molecule has 0 amide bonds. The van der Waals surface area contributed by atoms with Crippen molar-refractivity contribution in [2.24, 2.45) is 5.41 Å². The van der Waals surface area contributed by atoms with Crippen molar-refractivity contribution in [3.05, 3.63) is 40.1 Å². The van der Waals surface area contributed by atoms with Crippen LogP contribution in [0.5, 0.6) is 5.75 Å². The normalized spacial score (nSPS) is 16.7. The Hall–Kier alpha value is -2.99. The summed E-state index contributed by atoms with van der Waals surface area (Å²) < 4.78 is 5.87. The highest BCUT2D eigenvalue weighted by molar-refractivity contribution is 6.33. The summed E-state index contributed by atoms with van der Waals surface area (Å²) in [7, 11) is 0. The molecule has 0 saturated carbocycles. The molecule has 1 aromatic heterocycles. The Kier molecular flexibility index (Phi) is 8.95. The zero-order valence-corrected chi connectivity index (χ0v) is 24.4. The molecule has 2 saturated heterocycles. The highest BCUT2D eigenvalue weighted by Crippen LogP contribution is 2.44. The summed E-state index contributed by atoms with van der Waals surface area (Å²) in [6.45, 7) is 14.7. The molecule has 208 valence electrons. The number of ether oxygens (including phenoxy) is 1. The molecule has 9 heteroatoms. The molecule has 0 radical (unpaired) electrons.